The molecule has 2 N–H and O–H groups in total. The van der Waals surface area contributed by atoms with Crippen LogP contribution in [-0.2, 0) is 16.1 Å². The molecule has 0 saturated heterocycles. The lowest BCUT2D eigenvalue weighted by Crippen LogP contribution is -2.44. The summed E-state index contributed by atoms with van der Waals surface area (Å²) in [5, 5.41) is 11.3. The third-order valence-electron chi connectivity index (χ3n) is 4.95. The molecule has 3 rings (SSSR count). The molecule has 6 heteroatoms. The lowest BCUT2D eigenvalue weighted by Gasteiger charge is -2.33. The molecule has 1 heterocycles. The monoisotopic (exact) mass is 386 g/mol. The highest BCUT2D eigenvalue weighted by molar-refractivity contribution is 7.15. The molecule has 0 unspecified atom stereocenters. The molecule has 2 aromatic rings. The number of nitrogens with one attached hydrogen (secondary N) is 1. The zero-order chi connectivity index (χ0) is 19.1. The minimum Gasteiger partial charge on any atom is -0.480 e. The van der Waals surface area contributed by atoms with Gasteiger partial charge in [-0.25, -0.2) is 0 Å². The molecular weight excluding hydrogens is 360 g/mol. The number of hydrogen-bond acceptors (Lipinski definition) is 4. The lowest BCUT2D eigenvalue weighted by atomic mass is 9.94. The number of carboxylic acid groups (broad SMARTS) is 1. The van der Waals surface area contributed by atoms with Gasteiger partial charge in [0, 0.05) is 22.3 Å². The summed E-state index contributed by atoms with van der Waals surface area (Å²) in [5.74, 6) is -1.24. The second-order valence-corrected chi connectivity index (χ2v) is 8.17. The number of thiophene rings is 1. The van der Waals surface area contributed by atoms with E-state index in [2.05, 4.69) is 34.5 Å². The Morgan fingerprint density at radius 1 is 1.07 bits per heavy atom. The Morgan fingerprint density at radius 2 is 1.81 bits per heavy atom. The Hall–Kier alpha value is -2.18. The molecule has 1 saturated carbocycles. The number of nitrogens with zero attached hydrogens (tertiary/aromatic N) is 1. The van der Waals surface area contributed by atoms with Crippen LogP contribution in [0.1, 0.15) is 37.0 Å². The van der Waals surface area contributed by atoms with Gasteiger partial charge in [-0.1, -0.05) is 49.6 Å². The van der Waals surface area contributed by atoms with Crippen LogP contribution in [0.3, 0.4) is 0 Å². The average Bonchev–Trinajstić information content (AvgIpc) is 3.16. The smallest absolute Gasteiger partial charge is 0.322 e. The zero-order valence-electron chi connectivity index (χ0n) is 15.4. The van der Waals surface area contributed by atoms with E-state index in [-0.39, 0.29) is 19.0 Å². The van der Waals surface area contributed by atoms with Crippen LogP contribution in [0.2, 0.25) is 0 Å². The molecular formula is C21H26N2O3S. The van der Waals surface area contributed by atoms with Crippen molar-refractivity contribution in [1.29, 1.82) is 0 Å². The van der Waals surface area contributed by atoms with Gasteiger partial charge < -0.3 is 10.4 Å². The molecule has 1 aliphatic rings. The third-order valence-corrected chi connectivity index (χ3v) is 6.07. The maximum absolute atomic E-state index is 12.2. The summed E-state index contributed by atoms with van der Waals surface area (Å²) in [6.45, 7) is 0.647. The number of aliphatic carboxylic acids is 1. The maximum atomic E-state index is 12.2. The van der Waals surface area contributed by atoms with Gasteiger partial charge in [-0.2, -0.15) is 0 Å². The van der Waals surface area contributed by atoms with Gasteiger partial charge in [-0.3, -0.25) is 14.5 Å². The number of carbonyl (C=O) groups is 2. The molecule has 1 aliphatic carbocycles. The molecule has 0 bridgehead atoms. The fourth-order valence-corrected chi connectivity index (χ4v) is 4.63. The van der Waals surface area contributed by atoms with Gasteiger partial charge in [0.2, 0.25) is 5.91 Å². The standard InChI is InChI=1S/C21H26N2O3S/c24-20(22-13-21(25)26)15-23(17-9-5-2-6-10-17)14-18-11-12-19(27-18)16-7-3-1-4-8-16/h1,3-4,7-8,11-12,17H,2,5-6,9-10,13-15H2,(H,22,24)(H,25,26). The Morgan fingerprint density at radius 3 is 2.52 bits per heavy atom. The van der Waals surface area contributed by atoms with Gasteiger partial charge in [0.05, 0.1) is 6.54 Å². The topological polar surface area (TPSA) is 69.6 Å². The van der Waals surface area contributed by atoms with Crippen molar-refractivity contribution in [2.45, 2.75) is 44.7 Å². The number of carbonyl (C=O) groups excluding carboxylic acids is 1. The maximum Gasteiger partial charge on any atom is 0.322 e. The summed E-state index contributed by atoms with van der Waals surface area (Å²) in [7, 11) is 0. The van der Waals surface area contributed by atoms with Crippen LogP contribution in [0.4, 0.5) is 0 Å². The third kappa shape index (κ3) is 5.91. The minimum absolute atomic E-state index is 0.220. The van der Waals surface area contributed by atoms with Gasteiger partial charge in [-0.05, 0) is 30.5 Å². The molecule has 1 aromatic heterocycles. The van der Waals surface area contributed by atoms with Crippen LogP contribution in [0, 0.1) is 0 Å². The number of amides is 1. The van der Waals surface area contributed by atoms with Gasteiger partial charge in [0.15, 0.2) is 0 Å². The van der Waals surface area contributed by atoms with Crippen molar-refractivity contribution < 1.29 is 14.7 Å². The second-order valence-electron chi connectivity index (χ2n) is 7.00. The molecule has 0 aliphatic heterocycles. The van der Waals surface area contributed by atoms with E-state index < -0.39 is 5.97 Å². The van der Waals surface area contributed by atoms with Gasteiger partial charge >= 0.3 is 5.97 Å². The molecule has 1 aromatic carbocycles. The highest BCUT2D eigenvalue weighted by Gasteiger charge is 2.24. The fraction of sp³-hybridized carbons (Fsp3) is 0.429. The van der Waals surface area contributed by atoms with Crippen LogP contribution >= 0.6 is 11.3 Å². The Balaban J connectivity index is 1.68. The SMILES string of the molecule is O=C(O)CNC(=O)CN(Cc1ccc(-c2ccccc2)s1)C1CCCCC1. The fourth-order valence-electron chi connectivity index (χ4n) is 3.60. The summed E-state index contributed by atoms with van der Waals surface area (Å²) < 4.78 is 0. The predicted molar refractivity (Wildman–Crippen MR) is 108 cm³/mol. The van der Waals surface area contributed by atoms with Crippen molar-refractivity contribution in [2.24, 2.45) is 0 Å². The van der Waals surface area contributed by atoms with Gasteiger partial charge in [0.25, 0.3) is 0 Å². The van der Waals surface area contributed by atoms with Crippen LogP contribution in [-0.4, -0.2) is 41.0 Å². The lowest BCUT2D eigenvalue weighted by molar-refractivity contribution is -0.138. The van der Waals surface area contributed by atoms with Crippen LogP contribution in [0.25, 0.3) is 10.4 Å². The molecule has 0 spiro atoms. The minimum atomic E-state index is -1.02. The molecule has 5 nitrogen and oxygen atoms in total. The van der Waals surface area contributed by atoms with Crippen molar-refractivity contribution in [3.8, 4) is 10.4 Å². The van der Waals surface area contributed by atoms with E-state index in [0.717, 1.165) is 19.4 Å². The van der Waals surface area contributed by atoms with E-state index in [1.807, 2.05) is 18.2 Å². The van der Waals surface area contributed by atoms with Gasteiger partial charge in [-0.15, -0.1) is 11.3 Å². The highest BCUT2D eigenvalue weighted by atomic mass is 32.1. The molecule has 0 radical (unpaired) electrons. The molecule has 1 fully saturated rings. The summed E-state index contributed by atoms with van der Waals surface area (Å²) in [4.78, 5) is 27.6. The zero-order valence-corrected chi connectivity index (χ0v) is 16.2. The number of hydrogen-bond donors (Lipinski definition) is 2. The van der Waals surface area contributed by atoms with Crippen molar-refractivity contribution in [3.05, 3.63) is 47.3 Å². The summed E-state index contributed by atoms with van der Waals surface area (Å²) in [5.41, 5.74) is 1.21. The van der Waals surface area contributed by atoms with Crippen molar-refractivity contribution in [2.75, 3.05) is 13.1 Å². The first-order chi connectivity index (χ1) is 13.1. The number of rotatable bonds is 8. The quantitative estimate of drug-likeness (QED) is 0.725. The summed E-state index contributed by atoms with van der Waals surface area (Å²) in [6.07, 6.45) is 5.84. The molecule has 27 heavy (non-hydrogen) atoms. The Bertz CT molecular complexity index is 754. The number of benzene rings is 1. The molecule has 0 atom stereocenters. The Labute approximate surface area is 164 Å². The average molecular weight is 387 g/mol. The molecule has 1 amide bonds. The predicted octanol–water partition coefficient (Wildman–Crippen LogP) is 3.75. The van der Waals surface area contributed by atoms with Crippen molar-refractivity contribution in [3.63, 3.8) is 0 Å². The molecule has 144 valence electrons. The van der Waals surface area contributed by atoms with Gasteiger partial charge in [0.1, 0.15) is 6.54 Å². The van der Waals surface area contributed by atoms with Crippen LogP contribution < -0.4 is 5.32 Å². The van der Waals surface area contributed by atoms with Crippen molar-refractivity contribution in [1.82, 2.24) is 10.2 Å². The van der Waals surface area contributed by atoms with E-state index >= 15 is 0 Å². The number of carboxylic acids is 1. The second kappa shape index (κ2) is 9.67. The van der Waals surface area contributed by atoms with Crippen LogP contribution in [0.5, 0.6) is 0 Å². The summed E-state index contributed by atoms with van der Waals surface area (Å²) in [6, 6.07) is 15.0. The first-order valence-corrected chi connectivity index (χ1v) is 10.3. The van der Waals surface area contributed by atoms with E-state index in [1.165, 1.54) is 34.6 Å². The first-order valence-electron chi connectivity index (χ1n) is 9.48. The first kappa shape index (κ1) is 19.6. The van der Waals surface area contributed by atoms with Crippen molar-refractivity contribution >= 4 is 23.2 Å². The van der Waals surface area contributed by atoms with E-state index in [0.29, 0.717) is 6.04 Å². The summed E-state index contributed by atoms with van der Waals surface area (Å²) >= 11 is 1.76. The van der Waals surface area contributed by atoms with E-state index in [1.54, 1.807) is 11.3 Å². The highest BCUT2D eigenvalue weighted by Crippen LogP contribution is 2.30. The largest absolute Gasteiger partial charge is 0.480 e. The van der Waals surface area contributed by atoms with Crippen LogP contribution in [0.15, 0.2) is 42.5 Å². The normalized spacial score (nSPS) is 15.0. The van der Waals surface area contributed by atoms with E-state index in [4.69, 9.17) is 5.11 Å². The Kier molecular flexibility index (Phi) is 7.01. The van der Waals surface area contributed by atoms with E-state index in [9.17, 15) is 9.59 Å².